The highest BCUT2D eigenvalue weighted by Gasteiger charge is 2.24. The first-order valence-corrected chi connectivity index (χ1v) is 9.70. The van der Waals surface area contributed by atoms with Crippen LogP contribution in [0.1, 0.15) is 44.9 Å². The van der Waals surface area contributed by atoms with E-state index < -0.39 is 0 Å². The van der Waals surface area contributed by atoms with Gasteiger partial charge in [0.1, 0.15) is 5.75 Å². The number of carbonyl (C=O) groups is 2. The maximum absolute atomic E-state index is 12.2. The molecule has 1 heterocycles. The topological polar surface area (TPSA) is 84.7 Å². The zero-order valence-electron chi connectivity index (χ0n) is 15.7. The number of hydrogen-bond donors (Lipinski definition) is 2. The van der Waals surface area contributed by atoms with E-state index in [1.54, 1.807) is 17.0 Å². The molecule has 1 aromatic rings. The predicted molar refractivity (Wildman–Crippen MR) is 108 cm³/mol. The number of amides is 2. The van der Waals surface area contributed by atoms with Gasteiger partial charge in [0.2, 0.25) is 5.91 Å². The normalized spacial score (nSPS) is 18.7. The Hall–Kier alpha value is -1.79. The van der Waals surface area contributed by atoms with Gasteiger partial charge in [0.05, 0.1) is 0 Å². The van der Waals surface area contributed by atoms with Gasteiger partial charge in [-0.05, 0) is 49.4 Å². The number of anilines is 1. The third kappa shape index (κ3) is 5.84. The van der Waals surface area contributed by atoms with E-state index in [2.05, 4.69) is 5.32 Å². The van der Waals surface area contributed by atoms with E-state index in [9.17, 15) is 9.59 Å². The zero-order chi connectivity index (χ0) is 18.4. The Morgan fingerprint density at radius 3 is 2.48 bits per heavy atom. The molecule has 3 N–H and O–H groups in total. The second-order valence-electron chi connectivity index (χ2n) is 7.24. The lowest BCUT2D eigenvalue weighted by Crippen LogP contribution is -2.47. The highest BCUT2D eigenvalue weighted by molar-refractivity contribution is 5.95. The van der Waals surface area contributed by atoms with Crippen molar-refractivity contribution in [2.45, 2.75) is 51.0 Å². The second-order valence-corrected chi connectivity index (χ2v) is 7.24. The number of rotatable bonds is 7. The van der Waals surface area contributed by atoms with Crippen molar-refractivity contribution in [3.05, 3.63) is 24.3 Å². The third-order valence-corrected chi connectivity index (χ3v) is 5.41. The Balaban J connectivity index is 0.00000261. The van der Waals surface area contributed by atoms with Crippen molar-refractivity contribution in [1.29, 1.82) is 0 Å². The van der Waals surface area contributed by atoms with Crippen molar-refractivity contribution in [2.24, 2.45) is 11.7 Å². The van der Waals surface area contributed by atoms with Gasteiger partial charge in [-0.25, -0.2) is 0 Å². The molecule has 0 aromatic heterocycles. The standard InChI is InChI=1S/C20H29N3O3.ClH/c21-13-18(15-5-2-1-3-6-15)22-19(24)14-26-17-10-8-16(9-11-17)23-12-4-7-20(23)25;/h8-11,15,18H,1-7,12-14,21H2,(H,22,24);1H. The largest absolute Gasteiger partial charge is 0.484 e. The predicted octanol–water partition coefficient (Wildman–Crippen LogP) is 2.64. The van der Waals surface area contributed by atoms with E-state index >= 15 is 0 Å². The number of nitrogens with one attached hydrogen (secondary N) is 1. The summed E-state index contributed by atoms with van der Waals surface area (Å²) < 4.78 is 5.59. The van der Waals surface area contributed by atoms with Crippen LogP contribution >= 0.6 is 12.4 Å². The molecule has 6 nitrogen and oxygen atoms in total. The first kappa shape index (κ1) is 21.5. The fourth-order valence-electron chi connectivity index (χ4n) is 3.95. The van der Waals surface area contributed by atoms with E-state index in [0.29, 0.717) is 24.6 Å². The quantitative estimate of drug-likeness (QED) is 0.743. The molecule has 1 saturated heterocycles. The van der Waals surface area contributed by atoms with Crippen LogP contribution in [0.15, 0.2) is 24.3 Å². The first-order valence-electron chi connectivity index (χ1n) is 9.70. The molecule has 2 aliphatic rings. The van der Waals surface area contributed by atoms with Gasteiger partial charge >= 0.3 is 0 Å². The summed E-state index contributed by atoms with van der Waals surface area (Å²) in [5.74, 6) is 1.13. The smallest absolute Gasteiger partial charge is 0.258 e. The molecule has 0 spiro atoms. The Morgan fingerprint density at radius 2 is 1.89 bits per heavy atom. The maximum Gasteiger partial charge on any atom is 0.258 e. The van der Waals surface area contributed by atoms with Crippen molar-refractivity contribution in [1.82, 2.24) is 5.32 Å². The summed E-state index contributed by atoms with van der Waals surface area (Å²) in [7, 11) is 0. The summed E-state index contributed by atoms with van der Waals surface area (Å²) in [6, 6.07) is 7.36. The average Bonchev–Trinajstić information content (AvgIpc) is 3.11. The molecule has 1 atom stereocenters. The molecule has 2 amide bonds. The van der Waals surface area contributed by atoms with Crippen molar-refractivity contribution in [3.63, 3.8) is 0 Å². The van der Waals surface area contributed by atoms with Crippen LogP contribution in [0.4, 0.5) is 5.69 Å². The van der Waals surface area contributed by atoms with Crippen molar-refractivity contribution in [2.75, 3.05) is 24.6 Å². The van der Waals surface area contributed by atoms with Crippen LogP contribution < -0.4 is 20.7 Å². The lowest BCUT2D eigenvalue weighted by atomic mass is 9.84. The van der Waals surface area contributed by atoms with Gasteiger partial charge in [-0.1, -0.05) is 19.3 Å². The van der Waals surface area contributed by atoms with Gasteiger partial charge in [0.15, 0.2) is 6.61 Å². The Labute approximate surface area is 167 Å². The van der Waals surface area contributed by atoms with E-state index in [1.165, 1.54) is 19.3 Å². The number of hydrogen-bond acceptors (Lipinski definition) is 4. The van der Waals surface area contributed by atoms with Crippen LogP contribution in [0.3, 0.4) is 0 Å². The molecule has 27 heavy (non-hydrogen) atoms. The molecule has 0 radical (unpaired) electrons. The number of nitrogens with two attached hydrogens (primary N) is 1. The molecule has 3 rings (SSSR count). The highest BCUT2D eigenvalue weighted by atomic mass is 35.5. The summed E-state index contributed by atoms with van der Waals surface area (Å²) in [6.07, 6.45) is 7.52. The second kappa shape index (κ2) is 10.5. The van der Waals surface area contributed by atoms with E-state index in [0.717, 1.165) is 31.5 Å². The van der Waals surface area contributed by atoms with Crippen LogP contribution in [0, 0.1) is 5.92 Å². The minimum atomic E-state index is -0.134. The van der Waals surface area contributed by atoms with Gasteiger partial charge in [0, 0.05) is 31.2 Å². The first-order chi connectivity index (χ1) is 12.7. The Kier molecular flexibility index (Phi) is 8.38. The summed E-state index contributed by atoms with van der Waals surface area (Å²) >= 11 is 0. The highest BCUT2D eigenvalue weighted by Crippen LogP contribution is 2.26. The average molecular weight is 396 g/mol. The van der Waals surface area contributed by atoms with Gasteiger partial charge in [-0.3, -0.25) is 9.59 Å². The lowest BCUT2D eigenvalue weighted by Gasteiger charge is -2.30. The monoisotopic (exact) mass is 395 g/mol. The van der Waals surface area contributed by atoms with Gasteiger partial charge in [-0.15, -0.1) is 12.4 Å². The molecule has 1 unspecified atom stereocenters. The molecule has 1 saturated carbocycles. The van der Waals surface area contributed by atoms with Crippen LogP contribution in [-0.2, 0) is 9.59 Å². The molecular weight excluding hydrogens is 366 g/mol. The summed E-state index contributed by atoms with van der Waals surface area (Å²) in [6.45, 7) is 1.21. The third-order valence-electron chi connectivity index (χ3n) is 5.41. The number of nitrogens with zero attached hydrogens (tertiary/aromatic N) is 1. The maximum atomic E-state index is 12.2. The van der Waals surface area contributed by atoms with Crippen LogP contribution in [0.25, 0.3) is 0 Å². The minimum absolute atomic E-state index is 0. The molecular formula is C20H30ClN3O3. The van der Waals surface area contributed by atoms with Crippen LogP contribution in [0.5, 0.6) is 5.75 Å². The number of benzene rings is 1. The van der Waals surface area contributed by atoms with Crippen molar-refractivity contribution < 1.29 is 14.3 Å². The van der Waals surface area contributed by atoms with E-state index in [1.807, 2.05) is 12.1 Å². The van der Waals surface area contributed by atoms with Crippen molar-refractivity contribution in [3.8, 4) is 5.75 Å². The summed E-state index contributed by atoms with van der Waals surface area (Å²) in [4.78, 5) is 25.8. The number of carbonyl (C=O) groups excluding carboxylic acids is 2. The zero-order valence-corrected chi connectivity index (χ0v) is 16.5. The Bertz CT molecular complexity index is 617. The molecule has 1 aromatic carbocycles. The van der Waals surface area contributed by atoms with Gasteiger partial charge in [-0.2, -0.15) is 0 Å². The van der Waals surface area contributed by atoms with E-state index in [-0.39, 0.29) is 36.9 Å². The SMILES string of the molecule is Cl.NCC(NC(=O)COc1ccc(N2CCCC2=O)cc1)C1CCCCC1. The minimum Gasteiger partial charge on any atom is -0.484 e. The molecule has 0 bridgehead atoms. The molecule has 2 fully saturated rings. The Morgan fingerprint density at radius 1 is 1.19 bits per heavy atom. The molecule has 150 valence electrons. The van der Waals surface area contributed by atoms with Crippen LogP contribution in [-0.4, -0.2) is 37.6 Å². The van der Waals surface area contributed by atoms with Gasteiger partial charge < -0.3 is 20.7 Å². The number of halogens is 1. The lowest BCUT2D eigenvalue weighted by molar-refractivity contribution is -0.124. The summed E-state index contributed by atoms with van der Waals surface area (Å²) in [5.41, 5.74) is 6.74. The van der Waals surface area contributed by atoms with Crippen molar-refractivity contribution >= 4 is 29.9 Å². The van der Waals surface area contributed by atoms with Gasteiger partial charge in [0.25, 0.3) is 5.91 Å². The van der Waals surface area contributed by atoms with E-state index in [4.69, 9.17) is 10.5 Å². The van der Waals surface area contributed by atoms with Crippen LogP contribution in [0.2, 0.25) is 0 Å². The molecule has 1 aliphatic carbocycles. The fourth-order valence-corrected chi connectivity index (χ4v) is 3.95. The summed E-state index contributed by atoms with van der Waals surface area (Å²) in [5, 5.41) is 3.03. The number of ether oxygens (including phenoxy) is 1. The molecule has 7 heteroatoms. The molecule has 1 aliphatic heterocycles. The fraction of sp³-hybridized carbons (Fsp3) is 0.600.